The van der Waals surface area contributed by atoms with E-state index in [9.17, 15) is 5.11 Å². The molecule has 6 nitrogen and oxygen atoms in total. The van der Waals surface area contributed by atoms with Crippen molar-refractivity contribution in [3.63, 3.8) is 0 Å². The van der Waals surface area contributed by atoms with Gasteiger partial charge in [0.05, 0.1) is 5.69 Å². The zero-order valence-electron chi connectivity index (χ0n) is 10.6. The molecule has 2 rings (SSSR count). The van der Waals surface area contributed by atoms with E-state index in [-0.39, 0.29) is 28.8 Å². The average molecular weight is 255 g/mol. The fourth-order valence-corrected chi connectivity index (χ4v) is 1.79. The third-order valence-electron chi connectivity index (χ3n) is 3.02. The molecular weight excluding hydrogens is 242 g/mol. The van der Waals surface area contributed by atoms with Crippen LogP contribution in [0.25, 0.3) is 11.3 Å². The summed E-state index contributed by atoms with van der Waals surface area (Å²) in [7, 11) is 0. The summed E-state index contributed by atoms with van der Waals surface area (Å²) in [5.41, 5.74) is 13.6. The van der Waals surface area contributed by atoms with Crippen molar-refractivity contribution in [1.82, 2.24) is 9.97 Å². The summed E-state index contributed by atoms with van der Waals surface area (Å²) < 4.78 is 0. The summed E-state index contributed by atoms with van der Waals surface area (Å²) in [4.78, 5) is 7.75. The van der Waals surface area contributed by atoms with Gasteiger partial charge in [0, 0.05) is 5.56 Å². The molecule has 1 aromatic heterocycles. The van der Waals surface area contributed by atoms with Gasteiger partial charge in [0.25, 0.3) is 0 Å². The minimum absolute atomic E-state index is 0.00243. The van der Waals surface area contributed by atoms with Gasteiger partial charge in [-0.05, 0) is 31.0 Å². The van der Waals surface area contributed by atoms with E-state index in [1.54, 1.807) is 13.0 Å². The van der Waals surface area contributed by atoms with Crippen molar-refractivity contribution >= 4 is 11.8 Å². The number of benzene rings is 1. The van der Waals surface area contributed by atoms with Crippen LogP contribution in [0.1, 0.15) is 16.7 Å². The maximum Gasteiger partial charge on any atom is 0.222 e. The largest absolute Gasteiger partial charge is 0.507 e. The summed E-state index contributed by atoms with van der Waals surface area (Å²) in [6.07, 6.45) is 0. The Morgan fingerprint density at radius 3 is 2.53 bits per heavy atom. The Balaban J connectivity index is 2.80. The fraction of sp³-hybridized carbons (Fsp3) is 0.154. The number of nitrogen functional groups attached to an aromatic ring is 2. The number of anilines is 2. The summed E-state index contributed by atoms with van der Waals surface area (Å²) in [6.45, 7) is 3.67. The van der Waals surface area contributed by atoms with Gasteiger partial charge in [-0.15, -0.1) is 0 Å². The highest BCUT2D eigenvalue weighted by atomic mass is 16.3. The summed E-state index contributed by atoms with van der Waals surface area (Å²) in [5.74, 6) is 0.0285. The molecule has 96 valence electrons. The Hall–Kier alpha value is -2.81. The van der Waals surface area contributed by atoms with Gasteiger partial charge >= 0.3 is 0 Å². The lowest BCUT2D eigenvalue weighted by Gasteiger charge is -2.11. The van der Waals surface area contributed by atoms with Crippen LogP contribution < -0.4 is 11.5 Å². The van der Waals surface area contributed by atoms with Crippen LogP contribution in [0.4, 0.5) is 11.8 Å². The lowest BCUT2D eigenvalue weighted by Crippen LogP contribution is -2.05. The lowest BCUT2D eigenvalue weighted by molar-refractivity contribution is 0.472. The highest BCUT2D eigenvalue weighted by Crippen LogP contribution is 2.35. The molecule has 19 heavy (non-hydrogen) atoms. The van der Waals surface area contributed by atoms with Gasteiger partial charge in [-0.1, -0.05) is 6.07 Å². The number of rotatable bonds is 1. The average Bonchev–Trinajstić information content (AvgIpc) is 2.35. The standard InChI is InChI=1S/C13H13N5O/c1-6-3-4-8(11(19)7(6)2)10-9(5-14)12(15)18-13(16)17-10/h3-4,19H,1-2H3,(H4,15,16,17,18). The molecule has 0 radical (unpaired) electrons. The number of phenols is 1. The highest BCUT2D eigenvalue weighted by molar-refractivity contribution is 5.78. The molecule has 0 aliphatic rings. The maximum atomic E-state index is 10.2. The Kier molecular flexibility index (Phi) is 2.97. The van der Waals surface area contributed by atoms with E-state index in [1.165, 1.54) is 0 Å². The molecule has 0 unspecified atom stereocenters. The topological polar surface area (TPSA) is 122 Å². The molecule has 1 heterocycles. The van der Waals surface area contributed by atoms with E-state index >= 15 is 0 Å². The number of nitriles is 1. The molecular formula is C13H13N5O. The molecule has 1 aromatic carbocycles. The molecule has 0 spiro atoms. The lowest BCUT2D eigenvalue weighted by atomic mass is 10.00. The van der Waals surface area contributed by atoms with Gasteiger partial charge in [0.2, 0.25) is 5.95 Å². The first-order valence-electron chi connectivity index (χ1n) is 5.58. The maximum absolute atomic E-state index is 10.2. The number of nitrogens with zero attached hydrogens (tertiary/aromatic N) is 3. The van der Waals surface area contributed by atoms with Crippen molar-refractivity contribution in [1.29, 1.82) is 5.26 Å². The first-order chi connectivity index (χ1) is 8.95. The molecule has 0 aliphatic heterocycles. The van der Waals surface area contributed by atoms with Gasteiger partial charge in [-0.25, -0.2) is 4.98 Å². The van der Waals surface area contributed by atoms with Crippen molar-refractivity contribution in [2.45, 2.75) is 13.8 Å². The molecule has 6 heteroatoms. The van der Waals surface area contributed by atoms with Gasteiger partial charge in [-0.2, -0.15) is 10.2 Å². The number of hydrogen-bond acceptors (Lipinski definition) is 6. The Bertz CT molecular complexity index is 703. The van der Waals surface area contributed by atoms with Crippen LogP contribution in [0.3, 0.4) is 0 Å². The molecule has 0 atom stereocenters. The van der Waals surface area contributed by atoms with Crippen LogP contribution in [0.15, 0.2) is 12.1 Å². The van der Waals surface area contributed by atoms with Gasteiger partial charge in [0.1, 0.15) is 23.2 Å². The number of aryl methyl sites for hydroxylation is 1. The molecule has 2 aromatic rings. The van der Waals surface area contributed by atoms with E-state index in [2.05, 4.69) is 9.97 Å². The molecule has 0 amide bonds. The van der Waals surface area contributed by atoms with E-state index in [0.717, 1.165) is 11.1 Å². The van der Waals surface area contributed by atoms with Crippen LogP contribution in [0, 0.1) is 25.2 Å². The first kappa shape index (κ1) is 12.6. The zero-order valence-corrected chi connectivity index (χ0v) is 10.6. The number of hydrogen-bond donors (Lipinski definition) is 3. The van der Waals surface area contributed by atoms with Crippen LogP contribution in [-0.2, 0) is 0 Å². The quantitative estimate of drug-likeness (QED) is 0.709. The predicted octanol–water partition coefficient (Wildman–Crippen LogP) is 1.50. The van der Waals surface area contributed by atoms with Crippen LogP contribution in [0.2, 0.25) is 0 Å². The summed E-state index contributed by atoms with van der Waals surface area (Å²) in [5, 5.41) is 19.3. The van der Waals surface area contributed by atoms with E-state index in [1.807, 2.05) is 19.1 Å². The second-order valence-electron chi connectivity index (χ2n) is 4.21. The number of aromatic nitrogens is 2. The molecule has 0 saturated carbocycles. The number of nitrogens with two attached hydrogens (primary N) is 2. The smallest absolute Gasteiger partial charge is 0.222 e. The van der Waals surface area contributed by atoms with Crippen molar-refractivity contribution in [3.05, 3.63) is 28.8 Å². The Labute approximate surface area is 110 Å². The molecule has 0 fully saturated rings. The third-order valence-corrected chi connectivity index (χ3v) is 3.02. The predicted molar refractivity (Wildman–Crippen MR) is 72.1 cm³/mol. The van der Waals surface area contributed by atoms with Crippen molar-refractivity contribution < 1.29 is 5.11 Å². The monoisotopic (exact) mass is 255 g/mol. The number of aromatic hydroxyl groups is 1. The van der Waals surface area contributed by atoms with Gasteiger partial charge < -0.3 is 16.6 Å². The normalized spacial score (nSPS) is 10.2. The Morgan fingerprint density at radius 2 is 1.89 bits per heavy atom. The molecule has 0 aliphatic carbocycles. The highest BCUT2D eigenvalue weighted by Gasteiger charge is 2.17. The van der Waals surface area contributed by atoms with Gasteiger partial charge in [0.15, 0.2) is 0 Å². The van der Waals surface area contributed by atoms with Crippen molar-refractivity contribution in [2.75, 3.05) is 11.5 Å². The minimum atomic E-state index is -0.0378. The van der Waals surface area contributed by atoms with Crippen LogP contribution in [0.5, 0.6) is 5.75 Å². The Morgan fingerprint density at radius 1 is 1.21 bits per heavy atom. The third kappa shape index (κ3) is 2.02. The van der Waals surface area contributed by atoms with Crippen LogP contribution in [-0.4, -0.2) is 15.1 Å². The van der Waals surface area contributed by atoms with E-state index in [4.69, 9.17) is 16.7 Å². The van der Waals surface area contributed by atoms with Crippen LogP contribution >= 0.6 is 0 Å². The molecule has 5 N–H and O–H groups in total. The second-order valence-corrected chi connectivity index (χ2v) is 4.21. The van der Waals surface area contributed by atoms with Gasteiger partial charge in [-0.3, -0.25) is 0 Å². The van der Waals surface area contributed by atoms with E-state index < -0.39 is 0 Å². The van der Waals surface area contributed by atoms with E-state index in [0.29, 0.717) is 5.56 Å². The summed E-state index contributed by atoms with van der Waals surface area (Å²) >= 11 is 0. The molecule has 0 bridgehead atoms. The number of phenolic OH excluding ortho intramolecular Hbond substituents is 1. The van der Waals surface area contributed by atoms with Crippen molar-refractivity contribution in [2.24, 2.45) is 0 Å². The zero-order chi connectivity index (χ0) is 14.2. The SMILES string of the molecule is Cc1ccc(-c2nc(N)nc(N)c2C#N)c(O)c1C. The van der Waals surface area contributed by atoms with Crippen molar-refractivity contribution in [3.8, 4) is 23.1 Å². The minimum Gasteiger partial charge on any atom is -0.507 e. The second kappa shape index (κ2) is 4.46. The molecule has 0 saturated heterocycles. The first-order valence-corrected chi connectivity index (χ1v) is 5.58. The fourth-order valence-electron chi connectivity index (χ4n) is 1.79. The summed E-state index contributed by atoms with van der Waals surface area (Å²) in [6, 6.07) is 5.45.